The first-order valence-electron chi connectivity index (χ1n) is 5.85. The Balaban J connectivity index is 2.08. The Morgan fingerprint density at radius 2 is 2.25 bits per heavy atom. The maximum atomic E-state index is 11.9. The van der Waals surface area contributed by atoms with Crippen molar-refractivity contribution >= 4 is 5.78 Å². The van der Waals surface area contributed by atoms with Gasteiger partial charge in [-0.3, -0.25) is 4.79 Å². The molecule has 1 aliphatic heterocycles. The van der Waals surface area contributed by atoms with Crippen molar-refractivity contribution in [3.8, 4) is 5.75 Å². The Bertz CT molecular complexity index is 407. The molecular formula is C14H18O2. The Morgan fingerprint density at radius 1 is 1.50 bits per heavy atom. The maximum absolute atomic E-state index is 11.9. The number of carbonyl (C=O) groups excluding carboxylic acids is 1. The van der Waals surface area contributed by atoms with E-state index in [9.17, 15) is 4.79 Å². The first kappa shape index (κ1) is 11.2. The van der Waals surface area contributed by atoms with Gasteiger partial charge in [0.1, 0.15) is 5.75 Å². The van der Waals surface area contributed by atoms with Crippen molar-refractivity contribution in [1.29, 1.82) is 0 Å². The summed E-state index contributed by atoms with van der Waals surface area (Å²) in [5.41, 5.74) is 2.34. The summed E-state index contributed by atoms with van der Waals surface area (Å²) in [6.07, 6.45) is 1.10. The van der Waals surface area contributed by atoms with Crippen LogP contribution in [-0.2, 0) is 11.2 Å². The zero-order chi connectivity index (χ0) is 11.7. The zero-order valence-electron chi connectivity index (χ0n) is 10.1. The first-order chi connectivity index (χ1) is 7.56. The minimum absolute atomic E-state index is 0.226. The predicted octanol–water partition coefficient (Wildman–Crippen LogP) is 2.91. The third-order valence-electron chi connectivity index (χ3n) is 2.87. The first-order valence-corrected chi connectivity index (χ1v) is 5.85. The number of hydrogen-bond donors (Lipinski definition) is 0. The molecule has 0 radical (unpaired) electrons. The Morgan fingerprint density at radius 3 is 2.94 bits per heavy atom. The van der Waals surface area contributed by atoms with Crippen molar-refractivity contribution in [3.63, 3.8) is 0 Å². The van der Waals surface area contributed by atoms with Gasteiger partial charge >= 0.3 is 0 Å². The van der Waals surface area contributed by atoms with Crippen LogP contribution in [-0.4, -0.2) is 11.9 Å². The number of aryl methyl sites for hydroxylation is 1. The van der Waals surface area contributed by atoms with E-state index in [0.29, 0.717) is 12.3 Å². The van der Waals surface area contributed by atoms with Gasteiger partial charge in [-0.25, -0.2) is 0 Å². The molecule has 0 saturated heterocycles. The fraction of sp³-hybridized carbons (Fsp3) is 0.500. The van der Waals surface area contributed by atoms with E-state index < -0.39 is 0 Å². The summed E-state index contributed by atoms with van der Waals surface area (Å²) in [7, 11) is 0. The van der Waals surface area contributed by atoms with Gasteiger partial charge in [0.05, 0.1) is 0 Å². The molecule has 1 aliphatic rings. The fourth-order valence-corrected chi connectivity index (χ4v) is 2.05. The number of hydrogen-bond acceptors (Lipinski definition) is 2. The van der Waals surface area contributed by atoms with Gasteiger partial charge in [-0.15, -0.1) is 0 Å². The van der Waals surface area contributed by atoms with Crippen LogP contribution in [0.2, 0.25) is 0 Å². The molecule has 2 rings (SSSR count). The summed E-state index contributed by atoms with van der Waals surface area (Å²) < 4.78 is 5.70. The number of ether oxygens (including phenoxy) is 1. The number of ketones is 1. The standard InChI is InChI=1S/C14H18O2/c1-9(2)6-12(15)14-8-11-5-4-10(3)7-13(11)16-14/h4-5,7,9,14H,6,8H2,1-3H3. The molecule has 1 unspecified atom stereocenters. The van der Waals surface area contributed by atoms with Gasteiger partial charge in [-0.05, 0) is 30.0 Å². The van der Waals surface area contributed by atoms with Crippen molar-refractivity contribution in [2.45, 2.75) is 39.7 Å². The summed E-state index contributed by atoms with van der Waals surface area (Å²) >= 11 is 0. The number of benzene rings is 1. The molecule has 16 heavy (non-hydrogen) atoms. The largest absolute Gasteiger partial charge is 0.482 e. The molecule has 0 amide bonds. The van der Waals surface area contributed by atoms with E-state index >= 15 is 0 Å². The van der Waals surface area contributed by atoms with Gasteiger partial charge in [-0.2, -0.15) is 0 Å². The SMILES string of the molecule is Cc1ccc2c(c1)OC(C(=O)CC(C)C)C2. The molecule has 2 heteroatoms. The lowest BCUT2D eigenvalue weighted by molar-refractivity contribution is -0.125. The van der Waals surface area contributed by atoms with Crippen LogP contribution >= 0.6 is 0 Å². The van der Waals surface area contributed by atoms with Crippen LogP contribution in [0, 0.1) is 12.8 Å². The van der Waals surface area contributed by atoms with Crippen LogP contribution in [0.3, 0.4) is 0 Å². The third-order valence-corrected chi connectivity index (χ3v) is 2.87. The molecule has 0 N–H and O–H groups in total. The fourth-order valence-electron chi connectivity index (χ4n) is 2.05. The highest BCUT2D eigenvalue weighted by Crippen LogP contribution is 2.30. The summed E-state index contributed by atoms with van der Waals surface area (Å²) in [4.78, 5) is 11.9. The second kappa shape index (κ2) is 4.28. The average molecular weight is 218 g/mol. The van der Waals surface area contributed by atoms with Gasteiger partial charge < -0.3 is 4.74 Å². The smallest absolute Gasteiger partial charge is 0.173 e. The van der Waals surface area contributed by atoms with Crippen molar-refractivity contribution in [2.24, 2.45) is 5.92 Å². The van der Waals surface area contributed by atoms with Crippen LogP contribution in [0.15, 0.2) is 18.2 Å². The molecule has 0 aromatic heterocycles. The average Bonchev–Trinajstić information content (AvgIpc) is 2.59. The number of fused-ring (bicyclic) bond motifs is 1. The lowest BCUT2D eigenvalue weighted by atomic mass is 10.00. The topological polar surface area (TPSA) is 26.3 Å². The number of Topliss-reactive ketones (excluding diaryl/α,β-unsaturated/α-hetero) is 1. The third kappa shape index (κ3) is 2.26. The van der Waals surface area contributed by atoms with E-state index in [-0.39, 0.29) is 11.9 Å². The highest BCUT2D eigenvalue weighted by atomic mass is 16.5. The molecule has 1 aromatic carbocycles. The highest BCUT2D eigenvalue weighted by Gasteiger charge is 2.28. The van der Waals surface area contributed by atoms with E-state index in [0.717, 1.165) is 17.7 Å². The van der Waals surface area contributed by atoms with Gasteiger partial charge in [0.2, 0.25) is 0 Å². The van der Waals surface area contributed by atoms with Gasteiger partial charge in [0.25, 0.3) is 0 Å². The van der Waals surface area contributed by atoms with E-state index in [1.807, 2.05) is 13.0 Å². The molecule has 1 aromatic rings. The molecule has 0 aliphatic carbocycles. The number of rotatable bonds is 3. The number of carbonyl (C=O) groups is 1. The van der Waals surface area contributed by atoms with E-state index in [2.05, 4.69) is 26.0 Å². The summed E-state index contributed by atoms with van der Waals surface area (Å²) in [5.74, 6) is 1.52. The monoisotopic (exact) mass is 218 g/mol. The zero-order valence-corrected chi connectivity index (χ0v) is 10.1. The normalized spacial score (nSPS) is 18.4. The highest BCUT2D eigenvalue weighted by molar-refractivity contribution is 5.84. The molecule has 2 nitrogen and oxygen atoms in total. The van der Waals surface area contributed by atoms with Crippen molar-refractivity contribution in [3.05, 3.63) is 29.3 Å². The van der Waals surface area contributed by atoms with Crippen LogP contribution in [0.25, 0.3) is 0 Å². The quantitative estimate of drug-likeness (QED) is 0.779. The van der Waals surface area contributed by atoms with Crippen molar-refractivity contribution in [1.82, 2.24) is 0 Å². The van der Waals surface area contributed by atoms with Crippen molar-refractivity contribution < 1.29 is 9.53 Å². The van der Waals surface area contributed by atoms with Gasteiger partial charge in [-0.1, -0.05) is 26.0 Å². The van der Waals surface area contributed by atoms with E-state index in [4.69, 9.17) is 4.74 Å². The molecule has 0 saturated carbocycles. The second-order valence-electron chi connectivity index (χ2n) is 4.99. The lowest BCUT2D eigenvalue weighted by Gasteiger charge is -2.10. The summed E-state index contributed by atoms with van der Waals surface area (Å²) in [5, 5.41) is 0. The van der Waals surface area contributed by atoms with Crippen LogP contribution in [0.4, 0.5) is 0 Å². The minimum Gasteiger partial charge on any atom is -0.482 e. The Labute approximate surface area is 96.6 Å². The summed E-state index contributed by atoms with van der Waals surface area (Å²) in [6, 6.07) is 6.14. The molecule has 0 bridgehead atoms. The van der Waals surface area contributed by atoms with E-state index in [1.165, 1.54) is 5.56 Å². The summed E-state index contributed by atoms with van der Waals surface area (Å²) in [6.45, 7) is 6.15. The second-order valence-corrected chi connectivity index (χ2v) is 4.99. The van der Waals surface area contributed by atoms with Crippen LogP contribution in [0.5, 0.6) is 5.75 Å². The van der Waals surface area contributed by atoms with Crippen molar-refractivity contribution in [2.75, 3.05) is 0 Å². The molecule has 86 valence electrons. The molecule has 1 heterocycles. The Hall–Kier alpha value is -1.31. The van der Waals surface area contributed by atoms with Gasteiger partial charge in [0, 0.05) is 12.8 Å². The van der Waals surface area contributed by atoms with E-state index in [1.54, 1.807) is 0 Å². The molecular weight excluding hydrogens is 200 g/mol. The van der Waals surface area contributed by atoms with Crippen LogP contribution in [0.1, 0.15) is 31.4 Å². The molecule has 1 atom stereocenters. The van der Waals surface area contributed by atoms with Crippen LogP contribution < -0.4 is 4.74 Å². The minimum atomic E-state index is -0.251. The maximum Gasteiger partial charge on any atom is 0.173 e. The lowest BCUT2D eigenvalue weighted by Crippen LogP contribution is -2.26. The molecule has 0 spiro atoms. The Kier molecular flexibility index (Phi) is 2.99. The van der Waals surface area contributed by atoms with Gasteiger partial charge in [0.15, 0.2) is 11.9 Å². The molecule has 0 fully saturated rings. The predicted molar refractivity (Wildman–Crippen MR) is 63.8 cm³/mol.